The van der Waals surface area contributed by atoms with Gasteiger partial charge in [-0.15, -0.1) is 0 Å². The number of unbranched alkanes of at least 4 members (excludes halogenated alkanes) is 1. The van der Waals surface area contributed by atoms with Crippen LogP contribution in [0.5, 0.6) is 0 Å². The largest absolute Gasteiger partial charge is 0.325 e. The van der Waals surface area contributed by atoms with Crippen LogP contribution in [0.4, 0.5) is 0 Å². The molecule has 0 saturated carbocycles. The van der Waals surface area contributed by atoms with Crippen LogP contribution in [0.3, 0.4) is 0 Å². The molecule has 5 nitrogen and oxygen atoms in total. The van der Waals surface area contributed by atoms with Crippen molar-refractivity contribution in [2.45, 2.75) is 50.6 Å². The predicted molar refractivity (Wildman–Crippen MR) is 71.4 cm³/mol. The van der Waals surface area contributed by atoms with Gasteiger partial charge in [-0.05, 0) is 25.5 Å². The van der Waals surface area contributed by atoms with Crippen LogP contribution in [0.2, 0.25) is 0 Å². The quantitative estimate of drug-likeness (QED) is 0.785. The Morgan fingerprint density at radius 1 is 1.50 bits per heavy atom. The van der Waals surface area contributed by atoms with Crippen molar-refractivity contribution >= 4 is 10.0 Å². The highest BCUT2D eigenvalue weighted by Crippen LogP contribution is 2.13. The van der Waals surface area contributed by atoms with E-state index in [0.29, 0.717) is 5.69 Å². The standard InChI is InChI=1S/C12H21N3O2S/c1-3-4-6-10(2)15-18(16,17)12-7-5-8-14-11(12)9-13/h5,7-8,10,15H,3-4,6,9,13H2,1-2H3. The number of hydrogen-bond donors (Lipinski definition) is 2. The lowest BCUT2D eigenvalue weighted by Gasteiger charge is -2.15. The lowest BCUT2D eigenvalue weighted by Crippen LogP contribution is -2.33. The molecule has 0 aliphatic rings. The van der Waals surface area contributed by atoms with Gasteiger partial charge in [0.1, 0.15) is 4.90 Å². The Labute approximate surface area is 109 Å². The summed E-state index contributed by atoms with van der Waals surface area (Å²) < 4.78 is 27.0. The Morgan fingerprint density at radius 2 is 2.22 bits per heavy atom. The van der Waals surface area contributed by atoms with Crippen molar-refractivity contribution < 1.29 is 8.42 Å². The van der Waals surface area contributed by atoms with Crippen molar-refractivity contribution in [3.63, 3.8) is 0 Å². The number of aromatic nitrogens is 1. The van der Waals surface area contributed by atoms with Gasteiger partial charge in [0, 0.05) is 18.8 Å². The smallest absolute Gasteiger partial charge is 0.242 e. The fraction of sp³-hybridized carbons (Fsp3) is 0.583. The topological polar surface area (TPSA) is 85.1 Å². The number of pyridine rings is 1. The Bertz CT molecular complexity index is 474. The normalized spacial score (nSPS) is 13.5. The molecule has 1 aromatic rings. The second-order valence-corrected chi connectivity index (χ2v) is 6.00. The van der Waals surface area contributed by atoms with Gasteiger partial charge >= 0.3 is 0 Å². The molecule has 1 atom stereocenters. The van der Waals surface area contributed by atoms with Gasteiger partial charge in [0.25, 0.3) is 0 Å². The molecule has 0 aromatic carbocycles. The monoisotopic (exact) mass is 271 g/mol. The molecule has 0 fully saturated rings. The Morgan fingerprint density at radius 3 is 2.83 bits per heavy atom. The maximum Gasteiger partial charge on any atom is 0.242 e. The van der Waals surface area contributed by atoms with Crippen molar-refractivity contribution in [1.82, 2.24) is 9.71 Å². The van der Waals surface area contributed by atoms with Crippen LogP contribution in [0, 0.1) is 0 Å². The number of nitrogens with two attached hydrogens (primary N) is 1. The van der Waals surface area contributed by atoms with E-state index in [2.05, 4.69) is 16.6 Å². The first kappa shape index (κ1) is 15.1. The second-order valence-electron chi connectivity index (χ2n) is 4.32. The number of hydrogen-bond acceptors (Lipinski definition) is 4. The number of nitrogens with one attached hydrogen (secondary N) is 1. The third kappa shape index (κ3) is 4.04. The van der Waals surface area contributed by atoms with Gasteiger partial charge < -0.3 is 5.73 Å². The van der Waals surface area contributed by atoms with Gasteiger partial charge in [0.2, 0.25) is 10.0 Å². The summed E-state index contributed by atoms with van der Waals surface area (Å²) in [6.45, 7) is 4.06. The van der Waals surface area contributed by atoms with Crippen molar-refractivity contribution in [3.8, 4) is 0 Å². The van der Waals surface area contributed by atoms with Crippen molar-refractivity contribution in [1.29, 1.82) is 0 Å². The average molecular weight is 271 g/mol. The van der Waals surface area contributed by atoms with E-state index in [1.165, 1.54) is 6.07 Å². The van der Waals surface area contributed by atoms with Gasteiger partial charge in [0.05, 0.1) is 5.69 Å². The number of rotatable bonds is 7. The molecule has 0 bridgehead atoms. The lowest BCUT2D eigenvalue weighted by atomic mass is 10.2. The van der Waals surface area contributed by atoms with E-state index in [4.69, 9.17) is 5.73 Å². The molecule has 0 spiro atoms. The van der Waals surface area contributed by atoms with E-state index < -0.39 is 10.0 Å². The zero-order valence-electron chi connectivity index (χ0n) is 10.9. The van der Waals surface area contributed by atoms with E-state index >= 15 is 0 Å². The summed E-state index contributed by atoms with van der Waals surface area (Å²) in [5.41, 5.74) is 5.90. The number of sulfonamides is 1. The van der Waals surface area contributed by atoms with Crippen molar-refractivity contribution in [3.05, 3.63) is 24.0 Å². The summed E-state index contributed by atoms with van der Waals surface area (Å²) in [7, 11) is -3.53. The predicted octanol–water partition coefficient (Wildman–Crippen LogP) is 1.40. The lowest BCUT2D eigenvalue weighted by molar-refractivity contribution is 0.533. The number of nitrogens with zero attached hydrogens (tertiary/aromatic N) is 1. The van der Waals surface area contributed by atoms with Gasteiger partial charge in [-0.25, -0.2) is 13.1 Å². The van der Waals surface area contributed by atoms with Crippen LogP contribution in [-0.4, -0.2) is 19.4 Å². The Balaban J connectivity index is 2.86. The van der Waals surface area contributed by atoms with Gasteiger partial charge in [-0.1, -0.05) is 19.8 Å². The molecule has 0 radical (unpaired) electrons. The van der Waals surface area contributed by atoms with Gasteiger partial charge in [-0.3, -0.25) is 4.98 Å². The maximum atomic E-state index is 12.2. The van der Waals surface area contributed by atoms with Crippen LogP contribution in [0.1, 0.15) is 38.8 Å². The van der Waals surface area contributed by atoms with Crippen LogP contribution < -0.4 is 10.5 Å². The first-order chi connectivity index (χ1) is 8.51. The molecule has 6 heteroatoms. The Hall–Kier alpha value is -0.980. The zero-order valence-corrected chi connectivity index (χ0v) is 11.7. The molecule has 1 heterocycles. The second kappa shape index (κ2) is 6.82. The summed E-state index contributed by atoms with van der Waals surface area (Å²) in [6.07, 6.45) is 4.42. The average Bonchev–Trinajstić information content (AvgIpc) is 2.35. The molecule has 3 N–H and O–H groups in total. The fourth-order valence-electron chi connectivity index (χ4n) is 1.72. The molecule has 1 rings (SSSR count). The van der Waals surface area contributed by atoms with E-state index in [1.807, 2.05) is 6.92 Å². The maximum absolute atomic E-state index is 12.2. The van der Waals surface area contributed by atoms with E-state index in [-0.39, 0.29) is 17.5 Å². The summed E-state index contributed by atoms with van der Waals surface area (Å²) in [5.74, 6) is 0. The molecule has 1 aromatic heterocycles. The molecule has 18 heavy (non-hydrogen) atoms. The minimum absolute atomic E-state index is 0.0826. The highest BCUT2D eigenvalue weighted by Gasteiger charge is 2.20. The van der Waals surface area contributed by atoms with Crippen LogP contribution in [-0.2, 0) is 16.6 Å². The van der Waals surface area contributed by atoms with Crippen molar-refractivity contribution in [2.24, 2.45) is 5.73 Å². The molecule has 0 amide bonds. The molecule has 0 aliphatic carbocycles. The molecule has 1 unspecified atom stereocenters. The van der Waals surface area contributed by atoms with Gasteiger partial charge in [0.15, 0.2) is 0 Å². The molecule has 0 saturated heterocycles. The minimum atomic E-state index is -3.53. The molecule has 0 aliphatic heterocycles. The van der Waals surface area contributed by atoms with Crippen LogP contribution in [0.25, 0.3) is 0 Å². The highest BCUT2D eigenvalue weighted by molar-refractivity contribution is 7.89. The first-order valence-corrected chi connectivity index (χ1v) is 7.66. The molecule has 102 valence electrons. The highest BCUT2D eigenvalue weighted by atomic mass is 32.2. The SMILES string of the molecule is CCCCC(C)NS(=O)(=O)c1cccnc1CN. The van der Waals surface area contributed by atoms with Crippen molar-refractivity contribution in [2.75, 3.05) is 0 Å². The summed E-state index contributed by atoms with van der Waals surface area (Å²) >= 11 is 0. The van der Waals surface area contributed by atoms with E-state index in [0.717, 1.165) is 19.3 Å². The third-order valence-corrected chi connectivity index (χ3v) is 4.34. The Kier molecular flexibility index (Phi) is 5.71. The van der Waals surface area contributed by atoms with E-state index in [9.17, 15) is 8.42 Å². The summed E-state index contributed by atoms with van der Waals surface area (Å²) in [6, 6.07) is 3.05. The fourth-order valence-corrected chi connectivity index (χ4v) is 3.20. The third-order valence-electron chi connectivity index (χ3n) is 2.68. The van der Waals surface area contributed by atoms with E-state index in [1.54, 1.807) is 12.3 Å². The zero-order chi connectivity index (χ0) is 13.6. The molecular weight excluding hydrogens is 250 g/mol. The van der Waals surface area contributed by atoms with Crippen LogP contribution in [0.15, 0.2) is 23.2 Å². The van der Waals surface area contributed by atoms with Crippen LogP contribution >= 0.6 is 0 Å². The summed E-state index contributed by atoms with van der Waals surface area (Å²) in [4.78, 5) is 4.17. The first-order valence-electron chi connectivity index (χ1n) is 6.17. The minimum Gasteiger partial charge on any atom is -0.325 e. The summed E-state index contributed by atoms with van der Waals surface area (Å²) in [5, 5.41) is 0. The van der Waals surface area contributed by atoms with Gasteiger partial charge in [-0.2, -0.15) is 0 Å². The molecular formula is C12H21N3O2S.